The summed E-state index contributed by atoms with van der Waals surface area (Å²) >= 11 is 3.32. The second-order valence-corrected chi connectivity index (χ2v) is 8.77. The van der Waals surface area contributed by atoms with Crippen molar-refractivity contribution in [1.82, 2.24) is 19.9 Å². The maximum atomic E-state index is 12.7. The Morgan fingerprint density at radius 1 is 1.22 bits per heavy atom. The third kappa shape index (κ3) is 5.70. The van der Waals surface area contributed by atoms with E-state index in [1.807, 2.05) is 42.2 Å². The molecule has 3 aromatic rings. The third-order valence-electron chi connectivity index (χ3n) is 5.23. The molecule has 1 unspecified atom stereocenters. The minimum Gasteiger partial charge on any atom is -0.424 e. The van der Waals surface area contributed by atoms with Crippen LogP contribution in [0.25, 0.3) is 6.08 Å². The summed E-state index contributed by atoms with van der Waals surface area (Å²) in [5, 5.41) is 2.95. The minimum absolute atomic E-state index is 0.0896. The number of nitrogens with zero attached hydrogens (tertiary/aromatic N) is 4. The third-order valence-corrected chi connectivity index (χ3v) is 5.64. The monoisotopic (exact) mass is 493 g/mol. The number of nitrogens with one attached hydrogen (secondary N) is 1. The van der Waals surface area contributed by atoms with Crippen LogP contribution in [0.3, 0.4) is 0 Å². The van der Waals surface area contributed by atoms with Crippen LogP contribution in [-0.2, 0) is 0 Å². The number of piperidine rings is 1. The van der Waals surface area contributed by atoms with Gasteiger partial charge in [-0.25, -0.2) is 14.8 Å². The van der Waals surface area contributed by atoms with Crippen molar-refractivity contribution < 1.29 is 9.53 Å². The molecular weight excluding hydrogens is 470 g/mol. The molecule has 0 saturated carbocycles. The molecule has 3 heterocycles. The number of hydrogen-bond acceptors (Lipinski definition) is 5. The molecular formula is C24H24BrN5O2. The van der Waals surface area contributed by atoms with Gasteiger partial charge in [-0.3, -0.25) is 4.98 Å². The van der Waals surface area contributed by atoms with E-state index in [2.05, 4.69) is 49.2 Å². The van der Waals surface area contributed by atoms with E-state index in [1.165, 1.54) is 5.57 Å². The average molecular weight is 494 g/mol. The number of amides is 2. The highest BCUT2D eigenvalue weighted by Gasteiger charge is 2.24. The summed E-state index contributed by atoms with van der Waals surface area (Å²) in [4.78, 5) is 26.9. The number of hydrogen-bond donors (Lipinski definition) is 1. The Hall–Kier alpha value is -3.26. The summed E-state index contributed by atoms with van der Waals surface area (Å²) in [5.74, 6) is 0.933. The van der Waals surface area contributed by atoms with E-state index in [4.69, 9.17) is 4.74 Å². The number of pyridine rings is 1. The van der Waals surface area contributed by atoms with Crippen molar-refractivity contribution in [1.29, 1.82) is 0 Å². The van der Waals surface area contributed by atoms with Crippen LogP contribution in [0.5, 0.6) is 11.8 Å². The van der Waals surface area contributed by atoms with Crippen molar-refractivity contribution in [2.24, 2.45) is 5.92 Å². The SMILES string of the molecule is Cc1cncc(NC(=O)N2CCC(=Cc3cccc(Oc4ncc(Br)cn4)c3)C(C)C2)c1. The Balaban J connectivity index is 1.39. The first-order valence-corrected chi connectivity index (χ1v) is 11.2. The van der Waals surface area contributed by atoms with E-state index in [0.29, 0.717) is 24.8 Å². The van der Waals surface area contributed by atoms with Crippen molar-refractivity contribution in [3.05, 3.63) is 76.3 Å². The highest BCUT2D eigenvalue weighted by Crippen LogP contribution is 2.27. The highest BCUT2D eigenvalue weighted by atomic mass is 79.9. The highest BCUT2D eigenvalue weighted by molar-refractivity contribution is 9.10. The van der Waals surface area contributed by atoms with Crippen molar-refractivity contribution >= 4 is 33.7 Å². The Bertz CT molecular complexity index is 1130. The molecule has 164 valence electrons. The molecule has 7 nitrogen and oxygen atoms in total. The summed E-state index contributed by atoms with van der Waals surface area (Å²) < 4.78 is 6.56. The minimum atomic E-state index is -0.0896. The Labute approximate surface area is 195 Å². The molecule has 1 aromatic carbocycles. The van der Waals surface area contributed by atoms with E-state index in [9.17, 15) is 4.79 Å². The van der Waals surface area contributed by atoms with Gasteiger partial charge in [0.15, 0.2) is 0 Å². The van der Waals surface area contributed by atoms with Crippen LogP contribution >= 0.6 is 15.9 Å². The van der Waals surface area contributed by atoms with Crippen LogP contribution in [0.15, 0.2) is 65.2 Å². The number of carbonyl (C=O) groups excluding carboxylic acids is 1. The zero-order valence-electron chi connectivity index (χ0n) is 18.0. The summed E-state index contributed by atoms with van der Waals surface area (Å²) in [5.41, 5.74) is 4.09. The summed E-state index contributed by atoms with van der Waals surface area (Å²) in [6.07, 6.45) is 9.73. The van der Waals surface area contributed by atoms with Crippen molar-refractivity contribution in [3.63, 3.8) is 0 Å². The van der Waals surface area contributed by atoms with E-state index < -0.39 is 0 Å². The van der Waals surface area contributed by atoms with Crippen molar-refractivity contribution in [2.45, 2.75) is 20.3 Å². The molecule has 2 amide bonds. The van der Waals surface area contributed by atoms with Gasteiger partial charge in [-0.2, -0.15) is 0 Å². The van der Waals surface area contributed by atoms with Crippen LogP contribution < -0.4 is 10.1 Å². The van der Waals surface area contributed by atoms with Gasteiger partial charge in [-0.1, -0.05) is 30.7 Å². The largest absolute Gasteiger partial charge is 0.424 e. The number of likely N-dealkylation sites (tertiary alicyclic amines) is 1. The number of ether oxygens (including phenoxy) is 1. The quantitative estimate of drug-likeness (QED) is 0.504. The number of aromatic nitrogens is 3. The van der Waals surface area contributed by atoms with Crippen LogP contribution in [0.1, 0.15) is 24.5 Å². The maximum absolute atomic E-state index is 12.7. The number of rotatable bonds is 4. The maximum Gasteiger partial charge on any atom is 0.321 e. The van der Waals surface area contributed by atoms with Crippen molar-refractivity contribution in [2.75, 3.05) is 18.4 Å². The van der Waals surface area contributed by atoms with Crippen LogP contribution in [0.2, 0.25) is 0 Å². The van der Waals surface area contributed by atoms with Crippen LogP contribution in [0.4, 0.5) is 10.5 Å². The van der Waals surface area contributed by atoms with Gasteiger partial charge < -0.3 is 15.0 Å². The fourth-order valence-corrected chi connectivity index (χ4v) is 3.82. The normalized spacial score (nSPS) is 17.3. The number of aryl methyl sites for hydroxylation is 1. The average Bonchev–Trinajstić information content (AvgIpc) is 2.77. The molecule has 1 saturated heterocycles. The summed E-state index contributed by atoms with van der Waals surface area (Å²) in [6, 6.07) is 9.96. The van der Waals surface area contributed by atoms with E-state index in [-0.39, 0.29) is 11.9 Å². The lowest BCUT2D eigenvalue weighted by Gasteiger charge is -2.33. The number of benzene rings is 1. The van der Waals surface area contributed by atoms with E-state index in [1.54, 1.807) is 24.8 Å². The zero-order valence-corrected chi connectivity index (χ0v) is 19.5. The Kier molecular flexibility index (Phi) is 6.80. The number of halogens is 1. The van der Waals surface area contributed by atoms with Gasteiger partial charge in [-0.05, 0) is 64.5 Å². The predicted molar refractivity (Wildman–Crippen MR) is 128 cm³/mol. The molecule has 1 atom stereocenters. The second kappa shape index (κ2) is 9.91. The molecule has 1 aliphatic rings. The van der Waals surface area contributed by atoms with E-state index in [0.717, 1.165) is 27.7 Å². The first kappa shape index (κ1) is 22.0. The lowest BCUT2D eigenvalue weighted by Crippen LogP contribution is -2.42. The molecule has 0 spiro atoms. The molecule has 32 heavy (non-hydrogen) atoms. The summed E-state index contributed by atoms with van der Waals surface area (Å²) in [6.45, 7) is 5.44. The molecule has 0 aliphatic carbocycles. The second-order valence-electron chi connectivity index (χ2n) is 7.86. The lowest BCUT2D eigenvalue weighted by molar-refractivity contribution is 0.198. The first-order valence-electron chi connectivity index (χ1n) is 10.4. The zero-order chi connectivity index (χ0) is 22.5. The van der Waals surface area contributed by atoms with Gasteiger partial charge in [0.1, 0.15) is 5.75 Å². The summed E-state index contributed by atoms with van der Waals surface area (Å²) in [7, 11) is 0. The molecule has 1 N–H and O–H groups in total. The Morgan fingerprint density at radius 3 is 2.78 bits per heavy atom. The smallest absolute Gasteiger partial charge is 0.321 e. The van der Waals surface area contributed by atoms with Crippen LogP contribution in [0, 0.1) is 12.8 Å². The van der Waals surface area contributed by atoms with E-state index >= 15 is 0 Å². The van der Waals surface area contributed by atoms with Crippen LogP contribution in [-0.4, -0.2) is 39.0 Å². The van der Waals surface area contributed by atoms with Gasteiger partial charge >= 0.3 is 12.0 Å². The number of anilines is 1. The molecule has 0 radical (unpaired) electrons. The van der Waals surface area contributed by atoms with Crippen molar-refractivity contribution in [3.8, 4) is 11.8 Å². The molecule has 4 rings (SSSR count). The standard InChI is InChI=1S/C24H24BrN5O2/c1-16-8-21(14-26-11-16)29-24(31)30-7-6-19(17(2)15-30)9-18-4-3-5-22(10-18)32-23-27-12-20(25)13-28-23/h3-5,8-14,17H,6-7,15H2,1-2H3,(H,29,31). The number of carbonyl (C=O) groups is 1. The molecule has 0 bridgehead atoms. The van der Waals surface area contributed by atoms with Gasteiger partial charge in [-0.15, -0.1) is 0 Å². The van der Waals surface area contributed by atoms with Gasteiger partial charge in [0.2, 0.25) is 0 Å². The molecule has 1 fully saturated rings. The first-order chi connectivity index (χ1) is 15.5. The van der Waals surface area contributed by atoms with Gasteiger partial charge in [0.05, 0.1) is 16.4 Å². The fraction of sp³-hybridized carbons (Fsp3) is 0.250. The van der Waals surface area contributed by atoms with Gasteiger partial charge in [0.25, 0.3) is 0 Å². The number of urea groups is 1. The molecule has 2 aromatic heterocycles. The van der Waals surface area contributed by atoms with Gasteiger partial charge in [0, 0.05) is 31.7 Å². The molecule has 1 aliphatic heterocycles. The molecule has 8 heteroatoms. The Morgan fingerprint density at radius 2 is 2.03 bits per heavy atom. The topological polar surface area (TPSA) is 80.2 Å². The lowest BCUT2D eigenvalue weighted by atomic mass is 9.91. The fourth-order valence-electron chi connectivity index (χ4n) is 3.61. The predicted octanol–water partition coefficient (Wildman–Crippen LogP) is 5.69.